The van der Waals surface area contributed by atoms with Crippen LogP contribution in [0.2, 0.25) is 0 Å². The molecule has 6 heteroatoms. The summed E-state index contributed by atoms with van der Waals surface area (Å²) >= 11 is 4.99. The molecule has 0 amide bonds. The molecule has 0 saturated heterocycles. The third kappa shape index (κ3) is 3.51. The van der Waals surface area contributed by atoms with E-state index in [4.69, 9.17) is 12.2 Å². The van der Waals surface area contributed by atoms with Gasteiger partial charge in [-0.15, -0.1) is 0 Å². The lowest BCUT2D eigenvalue weighted by molar-refractivity contribution is -0.137. The second kappa shape index (κ2) is 5.34. The Hall–Kier alpha value is -0.980. The molecule has 1 aromatic carbocycles. The molecule has 0 aliphatic heterocycles. The zero-order valence-electron chi connectivity index (χ0n) is 8.90. The van der Waals surface area contributed by atoms with Crippen LogP contribution < -0.4 is 0 Å². The fraction of sp³-hybridized carbons (Fsp3) is 0.0833. The maximum Gasteiger partial charge on any atom is 0.416 e. The first-order chi connectivity index (χ1) is 8.45. The van der Waals surface area contributed by atoms with Gasteiger partial charge in [0.1, 0.15) is 3.82 Å². The lowest BCUT2D eigenvalue weighted by Gasteiger charge is -2.05. The highest BCUT2D eigenvalue weighted by atomic mass is 32.9. The molecule has 0 unspecified atom stereocenters. The molecule has 0 aliphatic rings. The molecule has 94 valence electrons. The summed E-state index contributed by atoms with van der Waals surface area (Å²) in [6.07, 6.45) is -0.665. The minimum absolute atomic E-state index is 0.633. The van der Waals surface area contributed by atoms with E-state index in [2.05, 4.69) is 0 Å². The number of hydrogen-bond acceptors (Lipinski definition) is 3. The van der Waals surface area contributed by atoms with Crippen molar-refractivity contribution in [2.75, 3.05) is 0 Å². The number of hydrogen-bond donors (Lipinski definition) is 0. The molecular weight excluding hydrogens is 297 g/mol. The van der Waals surface area contributed by atoms with Gasteiger partial charge in [0.15, 0.2) is 0 Å². The summed E-state index contributed by atoms with van der Waals surface area (Å²) in [4.78, 5) is 1.00. The zero-order chi connectivity index (χ0) is 13.2. The maximum absolute atomic E-state index is 12.3. The van der Waals surface area contributed by atoms with E-state index in [-0.39, 0.29) is 0 Å². The van der Waals surface area contributed by atoms with Crippen LogP contribution in [0.4, 0.5) is 13.2 Å². The summed E-state index contributed by atoms with van der Waals surface area (Å²) in [5.41, 5.74) is 0.0955. The molecule has 0 fully saturated rings. The van der Waals surface area contributed by atoms with Gasteiger partial charge in [0.25, 0.3) is 0 Å². The van der Waals surface area contributed by atoms with Crippen molar-refractivity contribution in [2.45, 2.75) is 6.18 Å². The van der Waals surface area contributed by atoms with Crippen molar-refractivity contribution in [3.05, 3.63) is 50.2 Å². The Balaban J connectivity index is 2.16. The van der Waals surface area contributed by atoms with Gasteiger partial charge in [-0.1, -0.05) is 51.1 Å². The Labute approximate surface area is 114 Å². The Morgan fingerprint density at radius 1 is 1.00 bits per heavy atom. The van der Waals surface area contributed by atoms with E-state index < -0.39 is 11.7 Å². The summed E-state index contributed by atoms with van der Waals surface area (Å²) in [6.45, 7) is 0. The Morgan fingerprint density at radius 2 is 1.67 bits per heavy atom. The van der Waals surface area contributed by atoms with Gasteiger partial charge < -0.3 is 0 Å². The molecule has 0 bridgehead atoms. The summed E-state index contributed by atoms with van der Waals surface area (Å²) in [5, 5.41) is 0. The van der Waals surface area contributed by atoms with E-state index >= 15 is 0 Å². The van der Waals surface area contributed by atoms with Crippen molar-refractivity contribution in [3.8, 4) is 0 Å². The van der Waals surface area contributed by atoms with Crippen molar-refractivity contribution in [2.24, 2.45) is 0 Å². The largest absolute Gasteiger partial charge is 0.416 e. The smallest absolute Gasteiger partial charge is 0.166 e. The Bertz CT molecular complexity index is 602. The first-order valence-corrected chi connectivity index (χ1v) is 7.46. The van der Waals surface area contributed by atoms with Gasteiger partial charge in [0.05, 0.1) is 5.56 Å². The Kier molecular flexibility index (Phi) is 3.99. The minimum atomic E-state index is -4.28. The molecule has 0 aliphatic carbocycles. The molecule has 0 saturated carbocycles. The Morgan fingerprint density at radius 3 is 2.17 bits per heavy atom. The molecule has 1 heterocycles. The van der Waals surface area contributed by atoms with Crippen LogP contribution in [-0.2, 0) is 6.18 Å². The predicted octanol–water partition coefficient (Wildman–Crippen LogP) is 5.73. The second-order valence-electron chi connectivity index (χ2n) is 3.49. The quantitative estimate of drug-likeness (QED) is 0.504. The topological polar surface area (TPSA) is 0 Å². The first kappa shape index (κ1) is 13.5. The van der Waals surface area contributed by atoms with E-state index in [1.807, 2.05) is 12.1 Å². The van der Waals surface area contributed by atoms with Gasteiger partial charge in [-0.3, -0.25) is 0 Å². The highest BCUT2D eigenvalue weighted by Gasteiger charge is 2.29. The van der Waals surface area contributed by atoms with Crippen LogP contribution in [0.5, 0.6) is 0 Å². The highest BCUT2D eigenvalue weighted by molar-refractivity contribution is 7.79. The highest BCUT2D eigenvalue weighted by Crippen LogP contribution is 2.29. The minimum Gasteiger partial charge on any atom is -0.166 e. The van der Waals surface area contributed by atoms with E-state index in [1.54, 1.807) is 16.4 Å². The standard InChI is InChI=1S/C12H7F3S3/c13-12(14,15)9-4-1-8(2-5-9)3-6-10-7-11(16)18-17-10/h1-7H/b6-3+. The van der Waals surface area contributed by atoms with Crippen molar-refractivity contribution in [1.82, 2.24) is 0 Å². The maximum atomic E-state index is 12.3. The zero-order valence-corrected chi connectivity index (χ0v) is 11.3. The van der Waals surface area contributed by atoms with Gasteiger partial charge in [0, 0.05) is 4.88 Å². The van der Waals surface area contributed by atoms with Crippen molar-refractivity contribution >= 4 is 45.1 Å². The van der Waals surface area contributed by atoms with E-state index in [1.165, 1.54) is 22.5 Å². The summed E-state index contributed by atoms with van der Waals surface area (Å²) in [7, 11) is 3.05. The second-order valence-corrected chi connectivity index (χ2v) is 6.43. The van der Waals surface area contributed by atoms with Gasteiger partial charge in [-0.2, -0.15) is 13.2 Å². The molecule has 0 spiro atoms. The molecule has 0 radical (unpaired) electrons. The van der Waals surface area contributed by atoms with E-state index in [0.29, 0.717) is 0 Å². The van der Waals surface area contributed by atoms with Crippen LogP contribution in [-0.4, -0.2) is 0 Å². The molecule has 0 atom stereocenters. The third-order valence-electron chi connectivity index (χ3n) is 2.16. The first-order valence-electron chi connectivity index (χ1n) is 4.91. The molecule has 18 heavy (non-hydrogen) atoms. The van der Waals surface area contributed by atoms with Crippen molar-refractivity contribution in [3.63, 3.8) is 0 Å². The van der Waals surface area contributed by atoms with Crippen LogP contribution in [0.25, 0.3) is 12.2 Å². The average molecular weight is 304 g/mol. The molecule has 0 nitrogen and oxygen atoms in total. The number of halogens is 3. The van der Waals surface area contributed by atoms with E-state index in [0.717, 1.165) is 26.4 Å². The fourth-order valence-electron chi connectivity index (χ4n) is 1.29. The molecule has 0 N–H and O–H groups in total. The third-order valence-corrected chi connectivity index (χ3v) is 5.02. The van der Waals surface area contributed by atoms with E-state index in [9.17, 15) is 13.2 Å². The lowest BCUT2D eigenvalue weighted by Crippen LogP contribution is -2.03. The summed E-state index contributed by atoms with van der Waals surface area (Å²) < 4.78 is 37.9. The van der Waals surface area contributed by atoms with Crippen LogP contribution in [0, 0.1) is 3.82 Å². The van der Waals surface area contributed by atoms with Crippen LogP contribution in [0.15, 0.2) is 30.3 Å². The average Bonchev–Trinajstić information content (AvgIpc) is 2.72. The monoisotopic (exact) mass is 304 g/mol. The SMILES string of the molecule is FC(F)(F)c1ccc(/C=C/c2cc(=S)ss2)cc1. The van der Waals surface area contributed by atoms with Gasteiger partial charge in [-0.25, -0.2) is 0 Å². The van der Waals surface area contributed by atoms with Gasteiger partial charge in [-0.05, 0) is 29.8 Å². The normalized spacial score (nSPS) is 12.2. The fourth-order valence-corrected chi connectivity index (χ4v) is 3.51. The number of alkyl halides is 3. The number of rotatable bonds is 2. The van der Waals surface area contributed by atoms with Crippen molar-refractivity contribution < 1.29 is 13.2 Å². The van der Waals surface area contributed by atoms with Crippen molar-refractivity contribution in [1.29, 1.82) is 0 Å². The lowest BCUT2D eigenvalue weighted by atomic mass is 10.1. The predicted molar refractivity (Wildman–Crippen MR) is 73.4 cm³/mol. The molecule has 1 aromatic heterocycles. The molecule has 2 rings (SSSR count). The summed E-state index contributed by atoms with van der Waals surface area (Å²) in [6, 6.07) is 6.92. The van der Waals surface area contributed by atoms with Gasteiger partial charge >= 0.3 is 6.18 Å². The van der Waals surface area contributed by atoms with Crippen LogP contribution >= 0.6 is 32.9 Å². The van der Waals surface area contributed by atoms with Crippen LogP contribution in [0.3, 0.4) is 0 Å². The molecule has 2 aromatic rings. The number of benzene rings is 1. The summed E-state index contributed by atoms with van der Waals surface area (Å²) in [5.74, 6) is 0. The van der Waals surface area contributed by atoms with Gasteiger partial charge in [0.2, 0.25) is 0 Å². The van der Waals surface area contributed by atoms with Crippen LogP contribution in [0.1, 0.15) is 16.0 Å². The molecular formula is C12H7F3S3.